The molecule has 1 aliphatic heterocycles. The van der Waals surface area contributed by atoms with Crippen molar-refractivity contribution in [2.75, 3.05) is 11.5 Å². The summed E-state index contributed by atoms with van der Waals surface area (Å²) in [4.78, 5) is 41.0. The van der Waals surface area contributed by atoms with Gasteiger partial charge in [-0.25, -0.2) is 9.18 Å². The number of carbonyl (C=O) groups excluding carboxylic acids is 3. The summed E-state index contributed by atoms with van der Waals surface area (Å²) in [5.74, 6) is -1.97. The van der Waals surface area contributed by atoms with Gasteiger partial charge in [0, 0.05) is 17.8 Å². The second kappa shape index (κ2) is 9.56. The molecule has 1 aliphatic carbocycles. The average Bonchev–Trinajstić information content (AvgIpc) is 3.05. The molecule has 1 N–H and O–H groups in total. The largest absolute Gasteiger partial charge is 0.461 e. The van der Waals surface area contributed by atoms with Crippen LogP contribution in [0.4, 0.5) is 10.1 Å². The van der Waals surface area contributed by atoms with E-state index in [4.69, 9.17) is 4.74 Å². The van der Waals surface area contributed by atoms with Crippen LogP contribution in [0, 0.1) is 12.7 Å². The fourth-order valence-electron chi connectivity index (χ4n) is 4.78. The summed E-state index contributed by atoms with van der Waals surface area (Å²) in [5.41, 5.74) is -0.530. The number of hydrogen-bond acceptors (Lipinski definition) is 5. The fraction of sp³-hybridized carbons (Fsp3) is 0.520. The van der Waals surface area contributed by atoms with Gasteiger partial charge in [0.15, 0.2) is 5.69 Å². The number of anilines is 1. The molecule has 1 aromatic carbocycles. The predicted octanol–water partition coefficient (Wildman–Crippen LogP) is 3.77. The molecule has 0 radical (unpaired) electrons. The molecule has 9 heteroatoms. The Kier molecular flexibility index (Phi) is 6.72. The van der Waals surface area contributed by atoms with Gasteiger partial charge in [0.2, 0.25) is 5.91 Å². The van der Waals surface area contributed by atoms with Gasteiger partial charge in [-0.2, -0.15) is 5.10 Å². The van der Waals surface area contributed by atoms with E-state index in [0.717, 1.165) is 38.5 Å². The molecular weight excluding hydrogens is 439 g/mol. The quantitative estimate of drug-likeness (QED) is 0.530. The van der Waals surface area contributed by atoms with Crippen molar-refractivity contribution >= 4 is 23.5 Å². The summed E-state index contributed by atoms with van der Waals surface area (Å²) in [6.07, 6.45) is 6.14. The Morgan fingerprint density at radius 1 is 1.21 bits per heavy atom. The molecule has 0 saturated heterocycles. The molecule has 1 saturated carbocycles. The molecule has 2 aliphatic rings. The van der Waals surface area contributed by atoms with Gasteiger partial charge >= 0.3 is 5.97 Å². The number of amides is 2. The SMILES string of the molecule is CCOC(=O)c1cc2n(n1)C[C@](C)(C(=O)NC1CCCCCC1)N(c1ccc(C)c(F)c1)C2=O. The van der Waals surface area contributed by atoms with Crippen molar-refractivity contribution in [3.63, 3.8) is 0 Å². The normalized spacial score (nSPS) is 21.1. The first-order valence-electron chi connectivity index (χ1n) is 11.9. The van der Waals surface area contributed by atoms with Crippen LogP contribution in [-0.4, -0.2) is 45.8 Å². The maximum atomic E-state index is 14.5. The van der Waals surface area contributed by atoms with Crippen LogP contribution in [0.15, 0.2) is 24.3 Å². The third-order valence-electron chi connectivity index (χ3n) is 6.73. The first-order valence-corrected chi connectivity index (χ1v) is 11.9. The Morgan fingerprint density at radius 3 is 2.56 bits per heavy atom. The summed E-state index contributed by atoms with van der Waals surface area (Å²) >= 11 is 0. The van der Waals surface area contributed by atoms with Gasteiger partial charge in [0.1, 0.15) is 17.1 Å². The molecule has 182 valence electrons. The highest BCUT2D eigenvalue weighted by molar-refractivity contribution is 6.12. The second-order valence-corrected chi connectivity index (χ2v) is 9.30. The molecular formula is C25H31FN4O4. The van der Waals surface area contributed by atoms with Gasteiger partial charge in [-0.1, -0.05) is 31.7 Å². The van der Waals surface area contributed by atoms with Crippen molar-refractivity contribution in [1.29, 1.82) is 0 Å². The number of aromatic nitrogens is 2. The highest BCUT2D eigenvalue weighted by Crippen LogP contribution is 2.34. The highest BCUT2D eigenvalue weighted by atomic mass is 19.1. The lowest BCUT2D eigenvalue weighted by atomic mass is 9.93. The molecule has 4 rings (SSSR count). The zero-order valence-corrected chi connectivity index (χ0v) is 19.9. The number of halogens is 1. The molecule has 1 aromatic heterocycles. The van der Waals surface area contributed by atoms with Crippen LogP contribution in [-0.2, 0) is 16.1 Å². The molecule has 2 amide bonds. The first kappa shape index (κ1) is 23.9. The van der Waals surface area contributed by atoms with Crippen LogP contribution >= 0.6 is 0 Å². The van der Waals surface area contributed by atoms with Crippen molar-refractivity contribution in [3.8, 4) is 0 Å². The van der Waals surface area contributed by atoms with E-state index in [1.165, 1.54) is 21.7 Å². The maximum absolute atomic E-state index is 14.5. The van der Waals surface area contributed by atoms with Crippen molar-refractivity contribution in [2.24, 2.45) is 0 Å². The number of nitrogens with zero attached hydrogens (tertiary/aromatic N) is 3. The first-order chi connectivity index (χ1) is 16.2. The Morgan fingerprint density at radius 2 is 1.91 bits per heavy atom. The van der Waals surface area contributed by atoms with Crippen molar-refractivity contribution in [1.82, 2.24) is 15.1 Å². The predicted molar refractivity (Wildman–Crippen MR) is 124 cm³/mol. The summed E-state index contributed by atoms with van der Waals surface area (Å²) in [5, 5.41) is 7.40. The van der Waals surface area contributed by atoms with Crippen LogP contribution in [0.1, 0.15) is 78.9 Å². The number of fused-ring (bicyclic) bond motifs is 1. The molecule has 8 nitrogen and oxygen atoms in total. The van der Waals surface area contributed by atoms with Crippen LogP contribution in [0.3, 0.4) is 0 Å². The average molecular weight is 471 g/mol. The monoisotopic (exact) mass is 470 g/mol. The van der Waals surface area contributed by atoms with E-state index in [2.05, 4.69) is 10.4 Å². The number of esters is 1. The standard InChI is InChI=1S/C25H31FN4O4/c1-4-34-23(32)20-14-21-22(31)30(18-12-11-16(2)19(26)13-18)25(3,15-29(21)28-20)24(33)27-17-9-7-5-6-8-10-17/h11-14,17H,4-10,15H2,1-3H3,(H,27,33)/t25-/m1/s1. The van der Waals surface area contributed by atoms with Gasteiger partial charge in [-0.05, 0) is 51.3 Å². The topological polar surface area (TPSA) is 93.5 Å². The van der Waals surface area contributed by atoms with E-state index in [9.17, 15) is 18.8 Å². The fourth-order valence-corrected chi connectivity index (χ4v) is 4.78. The van der Waals surface area contributed by atoms with Crippen LogP contribution in [0.5, 0.6) is 0 Å². The summed E-state index contributed by atoms with van der Waals surface area (Å²) in [6.45, 7) is 5.16. The number of nitrogens with one attached hydrogen (secondary N) is 1. The molecule has 1 atom stereocenters. The molecule has 0 bridgehead atoms. The smallest absolute Gasteiger partial charge is 0.358 e. The molecule has 0 spiro atoms. The number of benzene rings is 1. The third kappa shape index (κ3) is 4.43. The van der Waals surface area contributed by atoms with Gasteiger partial charge in [0.05, 0.1) is 13.2 Å². The van der Waals surface area contributed by atoms with Crippen molar-refractivity contribution < 1.29 is 23.5 Å². The molecule has 1 fully saturated rings. The zero-order valence-electron chi connectivity index (χ0n) is 19.9. The van der Waals surface area contributed by atoms with E-state index in [0.29, 0.717) is 5.56 Å². The minimum absolute atomic E-state index is 0.00587. The van der Waals surface area contributed by atoms with E-state index in [-0.39, 0.29) is 42.2 Å². The maximum Gasteiger partial charge on any atom is 0.358 e. The zero-order chi connectivity index (χ0) is 24.5. The molecule has 2 heterocycles. The highest BCUT2D eigenvalue weighted by Gasteiger charge is 2.49. The minimum atomic E-state index is -1.38. The van der Waals surface area contributed by atoms with E-state index >= 15 is 0 Å². The number of carbonyl (C=O) groups is 3. The number of hydrogen-bond donors (Lipinski definition) is 1. The Labute approximate surface area is 198 Å². The van der Waals surface area contributed by atoms with Crippen LogP contribution in [0.25, 0.3) is 0 Å². The third-order valence-corrected chi connectivity index (χ3v) is 6.73. The van der Waals surface area contributed by atoms with Crippen LogP contribution in [0.2, 0.25) is 0 Å². The van der Waals surface area contributed by atoms with Gasteiger partial charge in [0.25, 0.3) is 5.91 Å². The Bertz CT molecular complexity index is 1110. The number of ether oxygens (including phenoxy) is 1. The van der Waals surface area contributed by atoms with Gasteiger partial charge in [-0.15, -0.1) is 0 Å². The summed E-state index contributed by atoms with van der Waals surface area (Å²) < 4.78 is 20.9. The van der Waals surface area contributed by atoms with Crippen molar-refractivity contribution in [3.05, 3.63) is 47.0 Å². The van der Waals surface area contributed by atoms with Crippen molar-refractivity contribution in [2.45, 2.75) is 77.4 Å². The second-order valence-electron chi connectivity index (χ2n) is 9.30. The molecule has 2 aromatic rings. The lowest BCUT2D eigenvalue weighted by molar-refractivity contribution is -0.127. The van der Waals surface area contributed by atoms with E-state index in [1.54, 1.807) is 32.9 Å². The minimum Gasteiger partial charge on any atom is -0.461 e. The Balaban J connectivity index is 1.75. The number of rotatable bonds is 5. The van der Waals surface area contributed by atoms with E-state index in [1.807, 2.05) is 0 Å². The number of aryl methyl sites for hydroxylation is 1. The Hall–Kier alpha value is -3.23. The molecule has 0 unspecified atom stereocenters. The van der Waals surface area contributed by atoms with E-state index < -0.39 is 23.2 Å². The molecule has 34 heavy (non-hydrogen) atoms. The lowest BCUT2D eigenvalue weighted by Gasteiger charge is -2.43. The van der Waals surface area contributed by atoms with Crippen LogP contribution < -0.4 is 10.2 Å². The lowest BCUT2D eigenvalue weighted by Crippen LogP contribution is -2.65. The van der Waals surface area contributed by atoms with Gasteiger partial charge < -0.3 is 10.1 Å². The summed E-state index contributed by atoms with van der Waals surface area (Å²) in [6, 6.07) is 5.86. The van der Waals surface area contributed by atoms with Gasteiger partial charge in [-0.3, -0.25) is 19.2 Å². The summed E-state index contributed by atoms with van der Waals surface area (Å²) in [7, 11) is 0.